The molecule has 13 nitrogen and oxygen atoms in total. The first-order valence-corrected chi connectivity index (χ1v) is 8.65. The van der Waals surface area contributed by atoms with E-state index in [9.17, 15) is 22.6 Å². The largest absolute Gasteiger partial charge is 1.00 e. The fraction of sp³-hybridized carbons (Fsp3) is 0.417. The van der Waals surface area contributed by atoms with Crippen LogP contribution >= 0.6 is 0 Å². The Morgan fingerprint density at radius 1 is 1.48 bits per heavy atom. The van der Waals surface area contributed by atoms with Crippen LogP contribution in [0.1, 0.15) is 10.5 Å². The van der Waals surface area contributed by atoms with E-state index in [4.69, 9.17) is 9.94 Å². The molecule has 0 saturated carbocycles. The number of rotatable bonds is 7. The number of carbonyl (C=O) groups is 2. The standard InChI is InChI=1S/C12H15N5O8S.Na/c18-3-4-24-14-11(19)10-1-2-16(13-10)8-5-9-7-15(6-8)12(20)17(9)25-26(21,22)23;/h1-2,5,9,18H,3-4,6-7H2,(H,14,19)(H,21,22,23);/q;+1/p-1. The third-order valence-electron chi connectivity index (χ3n) is 3.55. The van der Waals surface area contributed by atoms with E-state index in [0.717, 1.165) is 0 Å². The van der Waals surface area contributed by atoms with Crippen molar-refractivity contribution in [3.63, 3.8) is 0 Å². The number of urea groups is 1. The molecule has 0 aliphatic carbocycles. The maximum atomic E-state index is 12.1. The first kappa shape index (κ1) is 21.8. The SMILES string of the molecule is O=C(NOCCO)c1ccn(C2=CC3CN(C2)C(=O)N3OS(=O)(=O)[O-])n1.[Na+]. The van der Waals surface area contributed by atoms with Gasteiger partial charge in [0.25, 0.3) is 5.91 Å². The topological polar surface area (TPSA) is 166 Å². The van der Waals surface area contributed by atoms with Crippen LogP contribution in [-0.4, -0.2) is 82.1 Å². The van der Waals surface area contributed by atoms with E-state index in [0.29, 0.717) is 10.8 Å². The van der Waals surface area contributed by atoms with Crippen LogP contribution < -0.4 is 35.0 Å². The zero-order valence-corrected chi connectivity index (χ0v) is 17.0. The number of carbonyl (C=O) groups excluding carboxylic acids is 2. The number of hydroxylamine groups is 3. The minimum Gasteiger partial charge on any atom is -0.724 e. The van der Waals surface area contributed by atoms with Gasteiger partial charge in [0.05, 0.1) is 25.5 Å². The van der Waals surface area contributed by atoms with Crippen LogP contribution in [-0.2, 0) is 19.5 Å². The average Bonchev–Trinajstić information content (AvgIpc) is 3.14. The molecule has 3 amide bonds. The Hall–Kier alpha value is -1.52. The Kier molecular flexibility index (Phi) is 6.98. The number of hydrogen-bond donors (Lipinski definition) is 2. The van der Waals surface area contributed by atoms with Gasteiger partial charge < -0.3 is 14.6 Å². The zero-order chi connectivity index (χ0) is 18.9. The van der Waals surface area contributed by atoms with Gasteiger partial charge in [0.2, 0.25) is 10.4 Å². The van der Waals surface area contributed by atoms with Crippen molar-refractivity contribution in [2.75, 3.05) is 26.3 Å². The molecule has 1 saturated heterocycles. The van der Waals surface area contributed by atoms with Crippen molar-refractivity contribution < 1.29 is 66.3 Å². The monoisotopic (exact) mass is 411 g/mol. The number of amides is 3. The van der Waals surface area contributed by atoms with Crippen LogP contribution in [0.4, 0.5) is 4.79 Å². The van der Waals surface area contributed by atoms with E-state index in [1.807, 2.05) is 0 Å². The van der Waals surface area contributed by atoms with E-state index in [-0.39, 0.29) is 61.6 Å². The van der Waals surface area contributed by atoms with Crippen molar-refractivity contribution in [3.8, 4) is 0 Å². The van der Waals surface area contributed by atoms with Crippen molar-refractivity contribution in [3.05, 3.63) is 24.0 Å². The molecule has 0 aromatic carbocycles. The van der Waals surface area contributed by atoms with E-state index in [1.54, 1.807) is 0 Å². The molecule has 1 atom stereocenters. The third-order valence-corrected chi connectivity index (χ3v) is 3.89. The van der Waals surface area contributed by atoms with Gasteiger partial charge in [-0.2, -0.15) is 14.4 Å². The summed E-state index contributed by atoms with van der Waals surface area (Å²) in [5.74, 6) is -0.629. The molecule has 0 spiro atoms. The fourth-order valence-electron chi connectivity index (χ4n) is 2.54. The molecular formula is C12H14N5NaO8S. The van der Waals surface area contributed by atoms with Gasteiger partial charge in [-0.25, -0.2) is 23.4 Å². The van der Waals surface area contributed by atoms with Crippen LogP contribution in [0.15, 0.2) is 18.3 Å². The summed E-state index contributed by atoms with van der Waals surface area (Å²) in [5, 5.41) is 13.1. The van der Waals surface area contributed by atoms with E-state index in [2.05, 4.69) is 14.9 Å². The number of hydrogen-bond acceptors (Lipinski definition) is 9. The summed E-state index contributed by atoms with van der Waals surface area (Å²) in [6.07, 6.45) is 2.99. The van der Waals surface area contributed by atoms with Crippen LogP contribution in [0.2, 0.25) is 0 Å². The van der Waals surface area contributed by atoms with E-state index >= 15 is 0 Å². The third kappa shape index (κ3) is 5.05. The number of aliphatic hydroxyl groups is 1. The van der Waals surface area contributed by atoms with Gasteiger partial charge in [-0.1, -0.05) is 0 Å². The number of nitrogens with one attached hydrogen (secondary N) is 1. The van der Waals surface area contributed by atoms with Gasteiger partial charge in [-0.15, -0.1) is 0 Å². The molecule has 1 unspecified atom stereocenters. The molecular weight excluding hydrogens is 397 g/mol. The second kappa shape index (κ2) is 8.66. The summed E-state index contributed by atoms with van der Waals surface area (Å²) in [4.78, 5) is 29.8. The van der Waals surface area contributed by atoms with Gasteiger partial charge in [-0.3, -0.25) is 9.63 Å². The minimum absolute atomic E-state index is 0. The van der Waals surface area contributed by atoms with Gasteiger partial charge in [-0.05, 0) is 12.1 Å². The molecule has 2 aliphatic rings. The van der Waals surface area contributed by atoms with Crippen LogP contribution in [0.25, 0.3) is 5.70 Å². The Balaban J connectivity index is 0.00000261. The number of fused-ring (bicyclic) bond motifs is 2. The number of aromatic nitrogens is 2. The molecule has 0 radical (unpaired) electrons. The summed E-state index contributed by atoms with van der Waals surface area (Å²) in [6, 6.07) is -0.143. The van der Waals surface area contributed by atoms with Gasteiger partial charge in [0.1, 0.15) is 6.04 Å². The molecule has 1 fully saturated rings. The summed E-state index contributed by atoms with van der Waals surface area (Å²) < 4.78 is 37.8. The number of nitrogens with zero attached hydrogens (tertiary/aromatic N) is 4. The van der Waals surface area contributed by atoms with Crippen molar-refractivity contribution in [1.29, 1.82) is 0 Å². The van der Waals surface area contributed by atoms with Crippen molar-refractivity contribution in [1.82, 2.24) is 25.2 Å². The summed E-state index contributed by atoms with van der Waals surface area (Å²) in [7, 11) is -5.09. The summed E-state index contributed by atoms with van der Waals surface area (Å²) in [5.41, 5.74) is 2.61. The summed E-state index contributed by atoms with van der Waals surface area (Å²) >= 11 is 0. The second-order valence-electron chi connectivity index (χ2n) is 5.35. The predicted molar refractivity (Wildman–Crippen MR) is 80.4 cm³/mol. The Morgan fingerprint density at radius 3 is 2.89 bits per heavy atom. The second-order valence-corrected chi connectivity index (χ2v) is 6.31. The average molecular weight is 411 g/mol. The molecule has 3 heterocycles. The molecule has 2 N–H and O–H groups in total. The molecule has 2 aliphatic heterocycles. The quantitative estimate of drug-likeness (QED) is 0.147. The normalized spacial score (nSPS) is 19.0. The zero-order valence-electron chi connectivity index (χ0n) is 14.1. The molecule has 15 heteroatoms. The Labute approximate surface area is 175 Å². The van der Waals surface area contributed by atoms with Crippen LogP contribution in [0, 0.1) is 0 Å². The minimum atomic E-state index is -5.09. The maximum Gasteiger partial charge on any atom is 1.00 e. The predicted octanol–water partition coefficient (Wildman–Crippen LogP) is -5.11. The molecule has 142 valence electrons. The fourth-order valence-corrected chi connectivity index (χ4v) is 2.91. The van der Waals surface area contributed by atoms with Crippen molar-refractivity contribution in [2.24, 2.45) is 0 Å². The maximum absolute atomic E-state index is 12.1. The van der Waals surface area contributed by atoms with E-state index < -0.39 is 28.4 Å². The molecule has 2 bridgehead atoms. The molecule has 1 aromatic rings. The van der Waals surface area contributed by atoms with Gasteiger partial charge in [0, 0.05) is 12.7 Å². The Morgan fingerprint density at radius 2 is 2.22 bits per heavy atom. The van der Waals surface area contributed by atoms with Crippen molar-refractivity contribution in [2.45, 2.75) is 6.04 Å². The smallest absolute Gasteiger partial charge is 0.724 e. The first-order chi connectivity index (χ1) is 12.3. The van der Waals surface area contributed by atoms with Gasteiger partial charge in [0.15, 0.2) is 5.69 Å². The molecule has 27 heavy (non-hydrogen) atoms. The van der Waals surface area contributed by atoms with Crippen molar-refractivity contribution >= 4 is 28.0 Å². The van der Waals surface area contributed by atoms with Crippen LogP contribution in [0.5, 0.6) is 0 Å². The Bertz CT molecular complexity index is 856. The van der Waals surface area contributed by atoms with Crippen LogP contribution in [0.3, 0.4) is 0 Å². The summed E-state index contributed by atoms with van der Waals surface area (Å²) in [6.45, 7) is -0.0986. The molecule has 1 aromatic heterocycles. The first-order valence-electron chi connectivity index (χ1n) is 7.32. The van der Waals surface area contributed by atoms with E-state index in [1.165, 1.54) is 27.9 Å². The van der Waals surface area contributed by atoms with Gasteiger partial charge >= 0.3 is 35.6 Å². The molecule has 3 rings (SSSR count). The number of aliphatic hydroxyl groups excluding tert-OH is 1.